The molecule has 2 saturated heterocycles. The standard InChI is InChI=1S/C16H18F2N4O5S/c1-26-15(28)19-4-10-5-22(16(25)27-10)9-2-11(17)14(12(18)3-9)20-6-13(24)21(7-20)8-23/h2-3,10,23H,4-8H2,1H3,(H,19,28)/t10-/m0/s1. The molecule has 2 N–H and O–H groups in total. The summed E-state index contributed by atoms with van der Waals surface area (Å²) in [5, 5.41) is 12.0. The first kappa shape index (κ1) is 20.0. The largest absolute Gasteiger partial charge is 0.474 e. The van der Waals surface area contributed by atoms with Gasteiger partial charge in [0.25, 0.3) is 5.17 Å². The molecule has 1 atom stereocenters. The normalized spacial score (nSPS) is 19.3. The van der Waals surface area contributed by atoms with Gasteiger partial charge in [0.2, 0.25) is 5.91 Å². The van der Waals surface area contributed by atoms with E-state index in [-0.39, 0.29) is 37.2 Å². The summed E-state index contributed by atoms with van der Waals surface area (Å²) in [6.45, 7) is -0.686. The Morgan fingerprint density at radius 1 is 1.39 bits per heavy atom. The van der Waals surface area contributed by atoms with E-state index in [2.05, 4.69) is 5.32 Å². The molecule has 12 heteroatoms. The molecule has 2 aliphatic heterocycles. The highest BCUT2D eigenvalue weighted by atomic mass is 32.1. The van der Waals surface area contributed by atoms with Gasteiger partial charge in [-0.15, -0.1) is 0 Å². The van der Waals surface area contributed by atoms with Crippen molar-refractivity contribution in [1.29, 1.82) is 0 Å². The van der Waals surface area contributed by atoms with Crippen molar-refractivity contribution in [2.24, 2.45) is 0 Å². The van der Waals surface area contributed by atoms with Crippen LogP contribution in [0.2, 0.25) is 0 Å². The summed E-state index contributed by atoms with van der Waals surface area (Å²) >= 11 is 4.83. The molecule has 28 heavy (non-hydrogen) atoms. The van der Waals surface area contributed by atoms with Crippen LogP contribution in [-0.4, -0.2) is 73.4 Å². The summed E-state index contributed by atoms with van der Waals surface area (Å²) in [4.78, 5) is 27.1. The minimum absolute atomic E-state index is 0.00916. The fraction of sp³-hybridized carbons (Fsp3) is 0.438. The minimum atomic E-state index is -0.933. The maximum absolute atomic E-state index is 14.6. The van der Waals surface area contributed by atoms with Gasteiger partial charge in [-0.1, -0.05) is 0 Å². The Balaban J connectivity index is 1.75. The van der Waals surface area contributed by atoms with Gasteiger partial charge in [0, 0.05) is 12.1 Å². The van der Waals surface area contributed by atoms with Crippen molar-refractivity contribution in [2.75, 3.05) is 49.9 Å². The van der Waals surface area contributed by atoms with E-state index in [1.807, 2.05) is 0 Å². The van der Waals surface area contributed by atoms with E-state index in [4.69, 9.17) is 26.8 Å². The molecule has 2 heterocycles. The number of thiocarbonyl (C=S) groups is 1. The number of benzene rings is 1. The van der Waals surface area contributed by atoms with Crippen molar-refractivity contribution >= 4 is 40.8 Å². The maximum atomic E-state index is 14.6. The zero-order chi connectivity index (χ0) is 20.4. The molecule has 0 saturated carbocycles. The molecule has 152 valence electrons. The van der Waals surface area contributed by atoms with Crippen molar-refractivity contribution in [3.63, 3.8) is 0 Å². The number of carbonyl (C=O) groups is 2. The number of cyclic esters (lactones) is 1. The second kappa shape index (κ2) is 8.10. The molecule has 0 radical (unpaired) electrons. The van der Waals surface area contributed by atoms with E-state index in [1.54, 1.807) is 0 Å². The van der Waals surface area contributed by atoms with Gasteiger partial charge in [-0.05, 0) is 12.2 Å². The van der Waals surface area contributed by atoms with Crippen LogP contribution < -0.4 is 15.1 Å². The number of methoxy groups -OCH3 is 1. The van der Waals surface area contributed by atoms with Crippen LogP contribution in [-0.2, 0) is 14.3 Å². The number of aliphatic hydroxyl groups excluding tert-OH is 1. The lowest BCUT2D eigenvalue weighted by atomic mass is 10.2. The molecular formula is C16H18F2N4O5S. The number of aliphatic hydroxyl groups is 1. The van der Waals surface area contributed by atoms with Crippen LogP contribution in [0.1, 0.15) is 0 Å². The minimum Gasteiger partial charge on any atom is -0.474 e. The van der Waals surface area contributed by atoms with Crippen LogP contribution in [0.5, 0.6) is 0 Å². The molecule has 0 spiro atoms. The number of anilines is 2. The van der Waals surface area contributed by atoms with Gasteiger partial charge in [0.05, 0.1) is 39.1 Å². The number of rotatable bonds is 5. The summed E-state index contributed by atoms with van der Waals surface area (Å²) < 4.78 is 39.1. The highest BCUT2D eigenvalue weighted by Crippen LogP contribution is 2.32. The summed E-state index contributed by atoms with van der Waals surface area (Å²) in [6.07, 6.45) is -1.33. The monoisotopic (exact) mass is 416 g/mol. The third kappa shape index (κ3) is 3.92. The maximum Gasteiger partial charge on any atom is 0.414 e. The molecule has 0 bridgehead atoms. The van der Waals surface area contributed by atoms with Crippen molar-refractivity contribution in [3.8, 4) is 0 Å². The van der Waals surface area contributed by atoms with Crippen LogP contribution in [0.25, 0.3) is 0 Å². The molecule has 0 unspecified atom stereocenters. The predicted octanol–water partition coefficient (Wildman–Crippen LogP) is 0.367. The number of hydrogen-bond acceptors (Lipinski definition) is 7. The van der Waals surface area contributed by atoms with Gasteiger partial charge < -0.3 is 29.7 Å². The molecule has 9 nitrogen and oxygen atoms in total. The highest BCUT2D eigenvalue weighted by Gasteiger charge is 2.35. The smallest absolute Gasteiger partial charge is 0.414 e. The lowest BCUT2D eigenvalue weighted by molar-refractivity contribution is -0.129. The van der Waals surface area contributed by atoms with Crippen LogP contribution in [0.4, 0.5) is 25.0 Å². The Bertz CT molecular complexity index is 788. The van der Waals surface area contributed by atoms with Crippen molar-refractivity contribution in [2.45, 2.75) is 6.10 Å². The zero-order valence-corrected chi connectivity index (χ0v) is 15.7. The van der Waals surface area contributed by atoms with Crippen LogP contribution in [0.15, 0.2) is 12.1 Å². The molecule has 1 aromatic rings. The number of halogens is 2. The van der Waals surface area contributed by atoms with E-state index in [0.29, 0.717) is 0 Å². The fourth-order valence-electron chi connectivity index (χ4n) is 2.99. The van der Waals surface area contributed by atoms with Gasteiger partial charge >= 0.3 is 6.09 Å². The zero-order valence-electron chi connectivity index (χ0n) is 14.9. The molecular weight excluding hydrogens is 398 g/mol. The van der Waals surface area contributed by atoms with Crippen molar-refractivity contribution in [1.82, 2.24) is 10.2 Å². The van der Waals surface area contributed by atoms with E-state index in [1.165, 1.54) is 12.0 Å². The average Bonchev–Trinajstić information content (AvgIpc) is 3.21. The van der Waals surface area contributed by atoms with Gasteiger partial charge in [-0.3, -0.25) is 9.69 Å². The summed E-state index contributed by atoms with van der Waals surface area (Å²) in [6, 6.07) is 2.00. The Kier molecular flexibility index (Phi) is 5.79. The van der Waals surface area contributed by atoms with Crippen molar-refractivity contribution in [3.05, 3.63) is 23.8 Å². The average molecular weight is 416 g/mol. The predicted molar refractivity (Wildman–Crippen MR) is 97.7 cm³/mol. The first-order chi connectivity index (χ1) is 13.3. The number of nitrogens with one attached hydrogen (secondary N) is 1. The quantitative estimate of drug-likeness (QED) is 0.665. The Hall–Kier alpha value is -2.73. The van der Waals surface area contributed by atoms with Gasteiger partial charge in [-0.25, -0.2) is 13.6 Å². The van der Waals surface area contributed by atoms with E-state index >= 15 is 0 Å². The Morgan fingerprint density at radius 2 is 2.07 bits per heavy atom. The number of nitrogens with zero attached hydrogens (tertiary/aromatic N) is 3. The lowest BCUT2D eigenvalue weighted by Gasteiger charge is -2.21. The van der Waals surface area contributed by atoms with E-state index < -0.39 is 42.2 Å². The summed E-state index contributed by atoms with van der Waals surface area (Å²) in [7, 11) is 1.39. The molecule has 3 rings (SSSR count). The van der Waals surface area contributed by atoms with Gasteiger partial charge in [0.1, 0.15) is 18.5 Å². The van der Waals surface area contributed by atoms with Crippen molar-refractivity contribution < 1.29 is 33.0 Å². The second-order valence-corrected chi connectivity index (χ2v) is 6.53. The first-order valence-corrected chi connectivity index (χ1v) is 8.67. The topological polar surface area (TPSA) is 94.6 Å². The molecule has 2 fully saturated rings. The second-order valence-electron chi connectivity index (χ2n) is 6.16. The molecule has 0 aromatic heterocycles. The Morgan fingerprint density at radius 3 is 2.64 bits per heavy atom. The first-order valence-electron chi connectivity index (χ1n) is 8.26. The fourth-order valence-corrected chi connectivity index (χ4v) is 3.07. The number of hydrogen-bond donors (Lipinski definition) is 2. The van der Waals surface area contributed by atoms with Crippen LogP contribution >= 0.6 is 12.2 Å². The van der Waals surface area contributed by atoms with Crippen LogP contribution in [0.3, 0.4) is 0 Å². The van der Waals surface area contributed by atoms with Gasteiger partial charge in [-0.2, -0.15) is 0 Å². The third-order valence-electron chi connectivity index (χ3n) is 4.35. The summed E-state index contributed by atoms with van der Waals surface area (Å²) in [5.74, 6) is -2.31. The number of amides is 2. The van der Waals surface area contributed by atoms with E-state index in [9.17, 15) is 18.4 Å². The molecule has 1 aromatic carbocycles. The molecule has 2 aliphatic rings. The SMILES string of the molecule is COC(=S)NC[C@H]1CN(c2cc(F)c(N3CC(=O)N(CO)C3)c(F)c2)C(=O)O1. The Labute approximate surface area is 164 Å². The number of carbonyl (C=O) groups excluding carboxylic acids is 2. The van der Waals surface area contributed by atoms with Gasteiger partial charge in [0.15, 0.2) is 11.6 Å². The highest BCUT2D eigenvalue weighted by molar-refractivity contribution is 7.80. The summed E-state index contributed by atoms with van der Waals surface area (Å²) in [5.41, 5.74) is -0.408. The molecule has 0 aliphatic carbocycles. The lowest BCUT2D eigenvalue weighted by Crippen LogP contribution is -2.34. The third-order valence-corrected chi connectivity index (χ3v) is 4.67. The number of ether oxygens (including phenoxy) is 2. The van der Waals surface area contributed by atoms with E-state index in [0.717, 1.165) is 21.9 Å². The molecule has 2 amide bonds. The van der Waals surface area contributed by atoms with Crippen LogP contribution in [0, 0.1) is 11.6 Å².